The van der Waals surface area contributed by atoms with Gasteiger partial charge in [0.25, 0.3) is 0 Å². The van der Waals surface area contributed by atoms with Gasteiger partial charge in [0.15, 0.2) is 20.0 Å². The van der Waals surface area contributed by atoms with Crippen LogP contribution in [0.15, 0.2) is 12.1 Å². The maximum atomic E-state index is 13.9. The molecule has 136 valence electrons. The lowest BCUT2D eigenvalue weighted by molar-refractivity contribution is -0.142. The van der Waals surface area contributed by atoms with Crippen LogP contribution in [0.1, 0.15) is 32.8 Å². The molecule has 0 spiro atoms. The topological polar surface area (TPSA) is 35.5 Å². The molecule has 1 aromatic carbocycles. The van der Waals surface area contributed by atoms with Crippen LogP contribution in [-0.2, 0) is 20.4 Å². The third-order valence-electron chi connectivity index (χ3n) is 4.43. The first-order valence-corrected chi connectivity index (χ1v) is 10.7. The molecule has 0 heterocycles. The quantitative estimate of drug-likeness (QED) is 0.421. The fourth-order valence-corrected chi connectivity index (χ4v) is 3.34. The Hall–Kier alpha value is -1.34. The first kappa shape index (κ1) is 20.7. The van der Waals surface area contributed by atoms with Gasteiger partial charge in [-0.15, -0.1) is 0 Å². The Bertz CT molecular complexity index is 597. The predicted molar refractivity (Wildman–Crippen MR) is 88.7 cm³/mol. The van der Waals surface area contributed by atoms with Gasteiger partial charge in [-0.25, -0.2) is 13.2 Å². The van der Waals surface area contributed by atoms with E-state index in [-0.39, 0.29) is 23.4 Å². The number of methoxy groups -OCH3 is 1. The van der Waals surface area contributed by atoms with E-state index >= 15 is 0 Å². The minimum absolute atomic E-state index is 0.0264. The van der Waals surface area contributed by atoms with Gasteiger partial charge in [0.05, 0.1) is 19.6 Å². The molecule has 1 aromatic rings. The molecule has 0 saturated carbocycles. The fourth-order valence-electron chi connectivity index (χ4n) is 1.98. The highest BCUT2D eigenvalue weighted by Gasteiger charge is 2.39. The lowest BCUT2D eigenvalue weighted by atomic mass is 10.0. The lowest BCUT2D eigenvalue weighted by Crippen LogP contribution is -2.45. The van der Waals surface area contributed by atoms with Gasteiger partial charge < -0.3 is 9.16 Å². The highest BCUT2D eigenvalue weighted by atomic mass is 28.4. The molecule has 0 aliphatic rings. The lowest BCUT2D eigenvalue weighted by Gasteiger charge is -2.39. The van der Waals surface area contributed by atoms with Crippen LogP contribution in [0, 0.1) is 17.5 Å². The highest BCUT2D eigenvalue weighted by Crippen LogP contribution is 2.38. The molecule has 0 saturated heterocycles. The van der Waals surface area contributed by atoms with Crippen molar-refractivity contribution in [1.82, 2.24) is 0 Å². The number of ether oxygens (including phenoxy) is 1. The first-order chi connectivity index (χ1) is 10.9. The second-order valence-electron chi connectivity index (χ2n) is 7.34. The average Bonchev–Trinajstić information content (AvgIpc) is 2.42. The zero-order valence-corrected chi connectivity index (χ0v) is 16.0. The van der Waals surface area contributed by atoms with Crippen molar-refractivity contribution < 1.29 is 27.1 Å². The molecule has 0 bridgehead atoms. The van der Waals surface area contributed by atoms with E-state index in [1.165, 1.54) is 7.11 Å². The molecule has 24 heavy (non-hydrogen) atoms. The number of carbonyl (C=O) groups is 1. The summed E-state index contributed by atoms with van der Waals surface area (Å²) >= 11 is 0. The number of hydrogen-bond acceptors (Lipinski definition) is 3. The van der Waals surface area contributed by atoms with Crippen molar-refractivity contribution in [1.29, 1.82) is 0 Å². The van der Waals surface area contributed by atoms with E-state index in [1.807, 2.05) is 33.9 Å². The van der Waals surface area contributed by atoms with Crippen LogP contribution >= 0.6 is 0 Å². The molecule has 0 radical (unpaired) electrons. The summed E-state index contributed by atoms with van der Waals surface area (Å²) in [4.78, 5) is 11.6. The van der Waals surface area contributed by atoms with Crippen molar-refractivity contribution in [3.63, 3.8) is 0 Å². The zero-order valence-electron chi connectivity index (χ0n) is 15.0. The van der Waals surface area contributed by atoms with E-state index in [9.17, 15) is 18.0 Å². The van der Waals surface area contributed by atoms with Crippen LogP contribution in [-0.4, -0.2) is 27.5 Å². The van der Waals surface area contributed by atoms with E-state index in [4.69, 9.17) is 4.43 Å². The molecule has 0 fully saturated rings. The molecular formula is C17H25F3O3Si. The van der Waals surface area contributed by atoms with Gasteiger partial charge in [-0.05, 0) is 29.8 Å². The summed E-state index contributed by atoms with van der Waals surface area (Å²) < 4.78 is 51.2. The number of hydrogen-bond donors (Lipinski definition) is 0. The summed E-state index contributed by atoms with van der Waals surface area (Å²) in [5, 5.41) is -0.117. The van der Waals surface area contributed by atoms with Crippen molar-refractivity contribution in [2.24, 2.45) is 0 Å². The summed E-state index contributed by atoms with van der Waals surface area (Å²) in [6.07, 6.45) is -0.788. The maximum Gasteiger partial charge on any atom is 0.308 e. The highest BCUT2D eigenvalue weighted by molar-refractivity contribution is 6.74. The van der Waals surface area contributed by atoms with Gasteiger partial charge >= 0.3 is 5.97 Å². The molecule has 1 atom stereocenters. The van der Waals surface area contributed by atoms with E-state index in [2.05, 4.69) is 4.74 Å². The van der Waals surface area contributed by atoms with Gasteiger partial charge in [0.2, 0.25) is 0 Å². The Kier molecular flexibility index (Phi) is 6.64. The zero-order chi connectivity index (χ0) is 18.7. The fraction of sp³-hybridized carbons (Fsp3) is 0.588. The number of carbonyl (C=O) groups excluding carboxylic acids is 1. The van der Waals surface area contributed by atoms with Crippen LogP contribution in [0.4, 0.5) is 13.2 Å². The van der Waals surface area contributed by atoms with E-state index in [0.29, 0.717) is 6.07 Å². The van der Waals surface area contributed by atoms with Gasteiger partial charge in [-0.2, -0.15) is 0 Å². The Labute approximate surface area is 142 Å². The van der Waals surface area contributed by atoms with E-state index in [0.717, 1.165) is 6.07 Å². The molecule has 0 amide bonds. The Morgan fingerprint density at radius 1 is 1.12 bits per heavy atom. The van der Waals surface area contributed by atoms with Gasteiger partial charge in [0, 0.05) is 12.5 Å². The van der Waals surface area contributed by atoms with E-state index in [1.54, 1.807) is 0 Å². The second kappa shape index (κ2) is 7.69. The van der Waals surface area contributed by atoms with Crippen molar-refractivity contribution in [3.05, 3.63) is 35.1 Å². The largest absolute Gasteiger partial charge is 0.469 e. The van der Waals surface area contributed by atoms with Crippen LogP contribution in [0.3, 0.4) is 0 Å². The number of halogens is 3. The number of rotatable bonds is 6. The Morgan fingerprint density at radius 3 is 2.17 bits per heavy atom. The third-order valence-corrected chi connectivity index (χ3v) is 8.96. The van der Waals surface area contributed by atoms with Crippen LogP contribution < -0.4 is 0 Å². The summed E-state index contributed by atoms with van der Waals surface area (Å²) in [5.41, 5.74) is -0.0264. The smallest absolute Gasteiger partial charge is 0.308 e. The second-order valence-corrected chi connectivity index (χ2v) is 12.1. The van der Waals surface area contributed by atoms with Crippen LogP contribution in [0.25, 0.3) is 0 Å². The number of benzene rings is 1. The van der Waals surface area contributed by atoms with Crippen molar-refractivity contribution >= 4 is 14.3 Å². The maximum absolute atomic E-state index is 13.9. The molecule has 0 N–H and O–H groups in total. The van der Waals surface area contributed by atoms with Crippen molar-refractivity contribution in [3.8, 4) is 0 Å². The minimum atomic E-state index is -2.24. The molecule has 0 aliphatic heterocycles. The summed E-state index contributed by atoms with van der Waals surface area (Å²) in [6, 6.07) is 1.32. The monoisotopic (exact) mass is 362 g/mol. The van der Waals surface area contributed by atoms with Crippen LogP contribution in [0.2, 0.25) is 18.1 Å². The van der Waals surface area contributed by atoms with Gasteiger partial charge in [-0.3, -0.25) is 4.79 Å². The van der Waals surface area contributed by atoms with E-state index < -0.39 is 37.8 Å². The molecule has 3 nitrogen and oxygen atoms in total. The van der Waals surface area contributed by atoms with Crippen molar-refractivity contribution in [2.75, 3.05) is 7.11 Å². The van der Waals surface area contributed by atoms with Gasteiger partial charge in [0.1, 0.15) is 5.82 Å². The molecular weight excluding hydrogens is 337 g/mol. The summed E-state index contributed by atoms with van der Waals surface area (Å²) in [7, 11) is -0.988. The first-order valence-electron chi connectivity index (χ1n) is 7.75. The molecule has 1 rings (SSSR count). The van der Waals surface area contributed by atoms with Crippen molar-refractivity contribution in [2.45, 2.75) is 57.8 Å². The molecule has 0 aliphatic carbocycles. The standard InChI is InChI=1S/C17H25F3O3Si/c1-17(2,3)24(5,6)23-12(9-16(21)22-4)7-11-8-14(19)15(20)10-13(11)18/h8,10,12H,7,9H2,1-6H3/t12-/m0/s1. The van der Waals surface area contributed by atoms with Gasteiger partial charge in [-0.1, -0.05) is 20.8 Å². The van der Waals surface area contributed by atoms with Crippen LogP contribution in [0.5, 0.6) is 0 Å². The summed E-state index contributed by atoms with van der Waals surface area (Å²) in [6.45, 7) is 10.1. The number of esters is 1. The normalized spacial score (nSPS) is 13.7. The molecule has 0 aromatic heterocycles. The predicted octanol–water partition coefficient (Wildman–Crippen LogP) is 4.60. The summed E-state index contributed by atoms with van der Waals surface area (Å²) in [5.74, 6) is -3.73. The SMILES string of the molecule is COC(=O)C[C@H](Cc1cc(F)c(F)cc1F)O[Si](C)(C)C(C)(C)C. The minimum Gasteiger partial charge on any atom is -0.469 e. The molecule has 0 unspecified atom stereocenters. The Balaban J connectivity index is 3.07. The average molecular weight is 362 g/mol. The third kappa shape index (κ3) is 5.34. The molecule has 7 heteroatoms. The Morgan fingerprint density at radius 2 is 1.67 bits per heavy atom.